The van der Waals surface area contributed by atoms with E-state index >= 15 is 0 Å². The van der Waals surface area contributed by atoms with Gasteiger partial charge < -0.3 is 5.73 Å². The molecule has 0 saturated carbocycles. The van der Waals surface area contributed by atoms with Crippen LogP contribution < -0.4 is 5.73 Å². The van der Waals surface area contributed by atoms with E-state index in [0.717, 1.165) is 10.8 Å². The zero-order chi connectivity index (χ0) is 17.2. The molecule has 0 bridgehead atoms. The number of pyridine rings is 2. The van der Waals surface area contributed by atoms with Crippen LogP contribution in [0, 0.1) is 11.3 Å². The lowest BCUT2D eigenvalue weighted by Gasteiger charge is -2.11. The van der Waals surface area contributed by atoms with Gasteiger partial charge in [-0.3, -0.25) is 9.55 Å². The molecular weight excluding hydrogens is 332 g/mol. The molecule has 4 aromatic rings. The van der Waals surface area contributed by atoms with E-state index in [1.165, 1.54) is 11.3 Å². The number of nitrogens with zero attached hydrogens (tertiary/aromatic N) is 5. The molecular formula is C18H12N6S. The molecule has 6 nitrogen and oxygen atoms in total. The number of nitriles is 1. The lowest BCUT2D eigenvalue weighted by molar-refractivity contribution is 1.06. The average Bonchev–Trinajstić information content (AvgIpc) is 3.33. The number of rotatable bonds is 3. The summed E-state index contributed by atoms with van der Waals surface area (Å²) in [4.78, 5) is 13.0. The molecule has 0 fully saturated rings. The van der Waals surface area contributed by atoms with Gasteiger partial charge in [0, 0.05) is 29.5 Å². The second kappa shape index (κ2) is 6.19. The molecule has 0 amide bonds. The first-order chi connectivity index (χ1) is 12.3. The lowest BCUT2D eigenvalue weighted by atomic mass is 10.0. The van der Waals surface area contributed by atoms with Crippen molar-refractivity contribution in [1.29, 1.82) is 5.26 Å². The highest BCUT2D eigenvalue weighted by Crippen LogP contribution is 2.32. The summed E-state index contributed by atoms with van der Waals surface area (Å²) < 4.78 is 1.93. The predicted octanol–water partition coefficient (Wildman–Crippen LogP) is 3.51. The fourth-order valence-electron chi connectivity index (χ4n) is 2.63. The van der Waals surface area contributed by atoms with E-state index < -0.39 is 0 Å². The number of nitrogen functional groups attached to an aromatic ring is 1. The summed E-state index contributed by atoms with van der Waals surface area (Å²) in [6.07, 6.45) is 5.35. The highest BCUT2D eigenvalue weighted by Gasteiger charge is 2.17. The van der Waals surface area contributed by atoms with Crippen molar-refractivity contribution < 1.29 is 0 Å². The van der Waals surface area contributed by atoms with Crippen molar-refractivity contribution in [2.24, 2.45) is 0 Å². The molecule has 120 valence electrons. The Bertz CT molecular complexity index is 1060. The topological polar surface area (TPSA) is 93.4 Å². The third kappa shape index (κ3) is 2.65. The van der Waals surface area contributed by atoms with Gasteiger partial charge in [-0.1, -0.05) is 6.07 Å². The van der Waals surface area contributed by atoms with Crippen LogP contribution in [0.1, 0.15) is 5.56 Å². The maximum absolute atomic E-state index is 9.57. The fourth-order valence-corrected chi connectivity index (χ4v) is 3.27. The summed E-state index contributed by atoms with van der Waals surface area (Å²) in [6, 6.07) is 13.4. The molecule has 0 aliphatic rings. The third-order valence-electron chi connectivity index (χ3n) is 3.74. The van der Waals surface area contributed by atoms with Gasteiger partial charge in [-0.25, -0.2) is 9.97 Å². The normalized spacial score (nSPS) is 10.5. The summed E-state index contributed by atoms with van der Waals surface area (Å²) in [5.41, 5.74) is 9.27. The minimum Gasteiger partial charge on any atom is -0.383 e. The van der Waals surface area contributed by atoms with Crippen molar-refractivity contribution in [3.8, 4) is 33.8 Å². The number of hydrogen-bond acceptors (Lipinski definition) is 6. The first-order valence-electron chi connectivity index (χ1n) is 7.47. The van der Waals surface area contributed by atoms with Crippen LogP contribution in [0.4, 0.5) is 5.82 Å². The van der Waals surface area contributed by atoms with Crippen molar-refractivity contribution in [2.75, 3.05) is 5.73 Å². The van der Waals surface area contributed by atoms with Crippen molar-refractivity contribution >= 4 is 17.2 Å². The Morgan fingerprint density at radius 3 is 2.72 bits per heavy atom. The molecule has 25 heavy (non-hydrogen) atoms. The second-order valence-corrected chi connectivity index (χ2v) is 6.09. The molecule has 0 atom stereocenters. The smallest absolute Gasteiger partial charge is 0.193 e. The minimum absolute atomic E-state index is 0.188. The summed E-state index contributed by atoms with van der Waals surface area (Å²) >= 11 is 1.52. The van der Waals surface area contributed by atoms with Gasteiger partial charge in [0.2, 0.25) is 0 Å². The summed E-state index contributed by atoms with van der Waals surface area (Å²) in [6.45, 7) is 0. The predicted molar refractivity (Wildman–Crippen MR) is 97.0 cm³/mol. The molecule has 2 N–H and O–H groups in total. The Hall–Kier alpha value is -3.50. The van der Waals surface area contributed by atoms with Crippen LogP contribution in [-0.4, -0.2) is 19.5 Å². The van der Waals surface area contributed by atoms with Crippen LogP contribution in [0.25, 0.3) is 27.8 Å². The SMILES string of the molecule is N#Cc1c(-c2cccn2-c2nccs2)cc(-c2ccccn2)nc1N. The molecule has 0 spiro atoms. The van der Waals surface area contributed by atoms with Crippen LogP contribution in [0.2, 0.25) is 0 Å². The molecule has 0 unspecified atom stereocenters. The largest absolute Gasteiger partial charge is 0.383 e. The number of thiazole rings is 1. The number of hydrogen-bond donors (Lipinski definition) is 1. The second-order valence-electron chi connectivity index (χ2n) is 5.22. The molecule has 4 aromatic heterocycles. The van der Waals surface area contributed by atoms with Crippen molar-refractivity contribution in [3.05, 3.63) is 65.9 Å². The molecule has 7 heteroatoms. The molecule has 0 aromatic carbocycles. The van der Waals surface area contributed by atoms with Gasteiger partial charge in [0.25, 0.3) is 0 Å². The number of nitrogens with two attached hydrogens (primary N) is 1. The van der Waals surface area contributed by atoms with Gasteiger partial charge in [0.1, 0.15) is 17.5 Å². The van der Waals surface area contributed by atoms with Crippen LogP contribution >= 0.6 is 11.3 Å². The van der Waals surface area contributed by atoms with Gasteiger partial charge >= 0.3 is 0 Å². The monoisotopic (exact) mass is 344 g/mol. The van der Waals surface area contributed by atoms with Gasteiger partial charge in [-0.05, 0) is 30.3 Å². The molecule has 0 aliphatic heterocycles. The molecule has 0 saturated heterocycles. The van der Waals surface area contributed by atoms with E-state index in [1.807, 2.05) is 52.5 Å². The van der Waals surface area contributed by atoms with Gasteiger partial charge in [0.05, 0.1) is 17.1 Å². The maximum Gasteiger partial charge on any atom is 0.193 e. The molecule has 4 heterocycles. The Morgan fingerprint density at radius 2 is 2.00 bits per heavy atom. The average molecular weight is 344 g/mol. The standard InChI is InChI=1S/C18H12N6S/c19-11-13-12(16-5-3-8-24(16)18-22-7-9-25-18)10-15(23-17(13)20)14-4-1-2-6-21-14/h1-10H,(H2,20,23). The van der Waals surface area contributed by atoms with Crippen molar-refractivity contribution in [1.82, 2.24) is 19.5 Å². The zero-order valence-electron chi connectivity index (χ0n) is 13.0. The molecule has 4 rings (SSSR count). The van der Waals surface area contributed by atoms with E-state index in [9.17, 15) is 5.26 Å². The zero-order valence-corrected chi connectivity index (χ0v) is 13.8. The summed E-state index contributed by atoms with van der Waals surface area (Å²) in [5, 5.41) is 12.3. The fraction of sp³-hybridized carbons (Fsp3) is 0. The first kappa shape index (κ1) is 15.1. The highest BCUT2D eigenvalue weighted by molar-refractivity contribution is 7.12. The third-order valence-corrected chi connectivity index (χ3v) is 4.51. The van der Waals surface area contributed by atoms with Gasteiger partial charge in [-0.2, -0.15) is 5.26 Å². The first-order valence-corrected chi connectivity index (χ1v) is 8.35. The Balaban J connectivity index is 1.95. The van der Waals surface area contributed by atoms with Crippen LogP contribution in [0.15, 0.2) is 60.4 Å². The maximum atomic E-state index is 9.57. The number of anilines is 1. The van der Waals surface area contributed by atoms with E-state index in [0.29, 0.717) is 22.5 Å². The minimum atomic E-state index is 0.188. The van der Waals surface area contributed by atoms with Crippen molar-refractivity contribution in [2.45, 2.75) is 0 Å². The Kier molecular flexibility index (Phi) is 3.72. The van der Waals surface area contributed by atoms with Crippen LogP contribution in [0.3, 0.4) is 0 Å². The Labute approximate surface area is 147 Å². The van der Waals surface area contributed by atoms with Gasteiger partial charge in [-0.15, -0.1) is 11.3 Å². The lowest BCUT2D eigenvalue weighted by Crippen LogP contribution is -2.02. The summed E-state index contributed by atoms with van der Waals surface area (Å²) in [5.74, 6) is 0.188. The number of aromatic nitrogens is 4. The van der Waals surface area contributed by atoms with E-state index in [1.54, 1.807) is 12.4 Å². The van der Waals surface area contributed by atoms with Crippen molar-refractivity contribution in [3.63, 3.8) is 0 Å². The highest BCUT2D eigenvalue weighted by atomic mass is 32.1. The molecule has 0 aliphatic carbocycles. The van der Waals surface area contributed by atoms with Gasteiger partial charge in [0.15, 0.2) is 5.13 Å². The Morgan fingerprint density at radius 1 is 1.08 bits per heavy atom. The van der Waals surface area contributed by atoms with Crippen LogP contribution in [-0.2, 0) is 0 Å². The van der Waals surface area contributed by atoms with E-state index in [4.69, 9.17) is 5.73 Å². The van der Waals surface area contributed by atoms with E-state index in [2.05, 4.69) is 21.0 Å². The van der Waals surface area contributed by atoms with E-state index in [-0.39, 0.29) is 5.82 Å². The quantitative estimate of drug-likeness (QED) is 0.614. The molecule has 0 radical (unpaired) electrons. The van der Waals surface area contributed by atoms with Crippen LogP contribution in [0.5, 0.6) is 0 Å². The summed E-state index contributed by atoms with van der Waals surface area (Å²) in [7, 11) is 0.